The SMILES string of the molecule is Cc1cc(Oc2[c-]c(C3=N[C@@H]4CCCC[C@@H]4O3)cc(-c3ccccc3)c2)[c-]c(N2c3ccccc3C(C)(C)c3cccnc32)c1.[Pt+2]. The van der Waals surface area contributed by atoms with Crippen molar-refractivity contribution in [1.29, 1.82) is 0 Å². The van der Waals surface area contributed by atoms with Gasteiger partial charge >= 0.3 is 21.1 Å². The van der Waals surface area contributed by atoms with Gasteiger partial charge in [0.2, 0.25) is 0 Å². The van der Waals surface area contributed by atoms with Crippen LogP contribution in [0.3, 0.4) is 0 Å². The van der Waals surface area contributed by atoms with Gasteiger partial charge in [0.05, 0.1) is 6.04 Å². The maximum Gasteiger partial charge on any atom is 2.00 e. The largest absolute Gasteiger partial charge is 2.00 e. The maximum absolute atomic E-state index is 6.62. The van der Waals surface area contributed by atoms with Crippen molar-refractivity contribution < 1.29 is 30.5 Å². The molecule has 0 spiro atoms. The Hall–Kier alpha value is -4.21. The number of nitrogens with zero attached hydrogens (tertiary/aromatic N) is 3. The minimum Gasteiger partial charge on any atom is -0.515 e. The van der Waals surface area contributed by atoms with E-state index in [9.17, 15) is 0 Å². The summed E-state index contributed by atoms with van der Waals surface area (Å²) in [6.45, 7) is 6.61. The van der Waals surface area contributed by atoms with Crippen LogP contribution in [0.25, 0.3) is 11.1 Å². The van der Waals surface area contributed by atoms with Crippen LogP contribution < -0.4 is 9.64 Å². The van der Waals surface area contributed by atoms with Gasteiger partial charge < -0.3 is 14.4 Å². The van der Waals surface area contributed by atoms with Crippen molar-refractivity contribution in [2.45, 2.75) is 64.0 Å². The molecule has 1 saturated carbocycles. The molecular formula is C40H35N3O2Pt. The number of aromatic nitrogens is 1. The van der Waals surface area contributed by atoms with Gasteiger partial charge in [-0.25, -0.2) is 4.98 Å². The number of benzene rings is 4. The number of para-hydroxylation sites is 1. The Morgan fingerprint density at radius 2 is 1.59 bits per heavy atom. The van der Waals surface area contributed by atoms with E-state index >= 15 is 0 Å². The molecule has 0 N–H and O–H groups in total. The molecule has 4 aromatic carbocycles. The van der Waals surface area contributed by atoms with Gasteiger partial charge in [-0.1, -0.05) is 111 Å². The van der Waals surface area contributed by atoms with Crippen LogP contribution >= 0.6 is 0 Å². The normalized spacial score (nSPS) is 19.1. The summed E-state index contributed by atoms with van der Waals surface area (Å²) in [6, 6.07) is 38.7. The molecule has 0 amide bonds. The number of pyridine rings is 1. The molecule has 3 heterocycles. The molecule has 5 nitrogen and oxygen atoms in total. The molecule has 0 bridgehead atoms. The quantitative estimate of drug-likeness (QED) is 0.167. The predicted molar refractivity (Wildman–Crippen MR) is 179 cm³/mol. The third-order valence-electron chi connectivity index (χ3n) is 9.32. The number of aryl methyl sites for hydroxylation is 1. The molecule has 2 aliphatic heterocycles. The number of anilines is 3. The first kappa shape index (κ1) is 30.4. The number of aliphatic imine (C=N–C) groups is 1. The van der Waals surface area contributed by atoms with Gasteiger partial charge in [0.25, 0.3) is 0 Å². The Morgan fingerprint density at radius 3 is 2.43 bits per heavy atom. The molecule has 1 aromatic heterocycles. The first-order chi connectivity index (χ1) is 21.9. The molecule has 0 radical (unpaired) electrons. The molecule has 232 valence electrons. The van der Waals surface area contributed by atoms with E-state index in [1.54, 1.807) is 0 Å². The first-order valence-corrected chi connectivity index (χ1v) is 15.9. The van der Waals surface area contributed by atoms with Crippen LogP contribution in [0, 0.1) is 19.1 Å². The second-order valence-corrected chi connectivity index (χ2v) is 12.8. The van der Waals surface area contributed by atoms with Crippen molar-refractivity contribution in [2.75, 3.05) is 4.90 Å². The van der Waals surface area contributed by atoms with Crippen molar-refractivity contribution in [3.05, 3.63) is 132 Å². The van der Waals surface area contributed by atoms with E-state index in [2.05, 4.69) is 105 Å². The van der Waals surface area contributed by atoms with E-state index in [0.717, 1.165) is 52.3 Å². The summed E-state index contributed by atoms with van der Waals surface area (Å²) in [7, 11) is 0. The molecule has 3 aliphatic rings. The van der Waals surface area contributed by atoms with Crippen molar-refractivity contribution in [3.63, 3.8) is 0 Å². The minimum atomic E-state index is -0.189. The average molecular weight is 785 g/mol. The zero-order chi connectivity index (χ0) is 30.5. The number of hydrogen-bond acceptors (Lipinski definition) is 5. The summed E-state index contributed by atoms with van der Waals surface area (Å²) in [5.41, 5.74) is 8.20. The van der Waals surface area contributed by atoms with E-state index in [1.807, 2.05) is 30.5 Å². The summed E-state index contributed by atoms with van der Waals surface area (Å²) in [5, 5.41) is 0. The fraction of sp³-hybridized carbons (Fsp3) is 0.250. The topological polar surface area (TPSA) is 47.0 Å². The molecule has 5 aromatic rings. The number of rotatable bonds is 5. The van der Waals surface area contributed by atoms with Crippen LogP contribution in [0.15, 0.2) is 102 Å². The molecule has 46 heavy (non-hydrogen) atoms. The van der Waals surface area contributed by atoms with Gasteiger partial charge in [-0.15, -0.1) is 24.3 Å². The summed E-state index contributed by atoms with van der Waals surface area (Å²) in [6.07, 6.45) is 6.54. The van der Waals surface area contributed by atoms with E-state index in [1.165, 1.54) is 24.0 Å². The van der Waals surface area contributed by atoms with Crippen molar-refractivity contribution in [2.24, 2.45) is 4.99 Å². The predicted octanol–water partition coefficient (Wildman–Crippen LogP) is 9.64. The van der Waals surface area contributed by atoms with E-state index in [0.29, 0.717) is 17.4 Å². The molecule has 6 heteroatoms. The monoisotopic (exact) mass is 784 g/mol. The Labute approximate surface area is 285 Å². The van der Waals surface area contributed by atoms with E-state index in [4.69, 9.17) is 19.5 Å². The maximum atomic E-state index is 6.62. The smallest absolute Gasteiger partial charge is 0.515 e. The van der Waals surface area contributed by atoms with Crippen molar-refractivity contribution in [1.82, 2.24) is 4.98 Å². The first-order valence-electron chi connectivity index (χ1n) is 15.9. The van der Waals surface area contributed by atoms with Crippen LogP contribution in [-0.2, 0) is 31.2 Å². The summed E-state index contributed by atoms with van der Waals surface area (Å²) in [4.78, 5) is 12.1. The average Bonchev–Trinajstić information content (AvgIpc) is 3.50. The van der Waals surface area contributed by atoms with Crippen LogP contribution in [0.1, 0.15) is 61.8 Å². The van der Waals surface area contributed by atoms with Crippen LogP contribution in [0.2, 0.25) is 0 Å². The summed E-state index contributed by atoms with van der Waals surface area (Å²) < 4.78 is 13.0. The van der Waals surface area contributed by atoms with E-state index in [-0.39, 0.29) is 38.6 Å². The van der Waals surface area contributed by atoms with Crippen molar-refractivity contribution >= 4 is 23.1 Å². The van der Waals surface area contributed by atoms with Crippen molar-refractivity contribution in [3.8, 4) is 22.6 Å². The molecule has 0 saturated heterocycles. The van der Waals surface area contributed by atoms with Crippen LogP contribution in [0.4, 0.5) is 17.2 Å². The molecule has 2 atom stereocenters. The summed E-state index contributed by atoms with van der Waals surface area (Å²) >= 11 is 0. The van der Waals surface area contributed by atoms with E-state index < -0.39 is 0 Å². The molecule has 1 aliphatic carbocycles. The van der Waals surface area contributed by atoms with Gasteiger partial charge in [-0.3, -0.25) is 4.99 Å². The molecule has 0 unspecified atom stereocenters. The fourth-order valence-corrected chi connectivity index (χ4v) is 7.05. The Kier molecular flexibility index (Phi) is 8.07. The fourth-order valence-electron chi connectivity index (χ4n) is 7.05. The zero-order valence-electron chi connectivity index (χ0n) is 26.2. The second kappa shape index (κ2) is 12.2. The third-order valence-corrected chi connectivity index (χ3v) is 9.32. The van der Waals surface area contributed by atoms with Crippen LogP contribution in [-0.4, -0.2) is 23.0 Å². The Morgan fingerprint density at radius 1 is 0.826 bits per heavy atom. The number of hydrogen-bond donors (Lipinski definition) is 0. The Bertz CT molecular complexity index is 1890. The number of fused-ring (bicyclic) bond motifs is 3. The van der Waals surface area contributed by atoms with Gasteiger partial charge in [0, 0.05) is 34.4 Å². The second-order valence-electron chi connectivity index (χ2n) is 12.8. The summed E-state index contributed by atoms with van der Waals surface area (Å²) in [5.74, 6) is 2.78. The van der Waals surface area contributed by atoms with Gasteiger partial charge in [0.15, 0.2) is 0 Å². The standard InChI is InChI=1S/C40H35N3O2.Pt/c1-26-20-30(43-36-17-9-7-14-33(36)40(2,3)34-15-11-19-41-38(34)43)25-31(21-26)44-32-23-28(27-12-5-4-6-13-27)22-29(24-32)39-42-35-16-8-10-18-37(35)45-39;/h4-7,9,11-15,17,19-23,35,37H,8,10,16,18H2,1-3H3;/q-2;+2/t35-,37+;/m1./s1. The molecule has 8 rings (SSSR count). The van der Waals surface area contributed by atoms with Gasteiger partial charge in [-0.05, 0) is 42.5 Å². The van der Waals surface area contributed by atoms with Gasteiger partial charge in [-0.2, -0.15) is 5.56 Å². The van der Waals surface area contributed by atoms with Crippen LogP contribution in [0.5, 0.6) is 11.5 Å². The third kappa shape index (κ3) is 5.45. The molecule has 1 fully saturated rings. The minimum absolute atomic E-state index is 0. The molecular weight excluding hydrogens is 750 g/mol. The van der Waals surface area contributed by atoms with Gasteiger partial charge in [0.1, 0.15) is 17.8 Å². The number of ether oxygens (including phenoxy) is 2. The zero-order valence-corrected chi connectivity index (χ0v) is 28.5. The Balaban J connectivity index is 0.00000338.